The molecule has 1 aliphatic rings. The van der Waals surface area contributed by atoms with Gasteiger partial charge in [-0.05, 0) is 61.8 Å². The van der Waals surface area contributed by atoms with Crippen LogP contribution < -0.4 is 5.32 Å². The highest BCUT2D eigenvalue weighted by Crippen LogP contribution is 2.24. The van der Waals surface area contributed by atoms with E-state index in [0.29, 0.717) is 0 Å². The zero-order chi connectivity index (χ0) is 11.9. The van der Waals surface area contributed by atoms with E-state index in [0.717, 1.165) is 13.0 Å². The van der Waals surface area contributed by atoms with E-state index in [1.807, 2.05) is 6.08 Å². The van der Waals surface area contributed by atoms with Gasteiger partial charge in [0.2, 0.25) is 0 Å². The number of anilines is 1. The fourth-order valence-electron chi connectivity index (χ4n) is 2.50. The molecule has 1 aromatic rings. The van der Waals surface area contributed by atoms with Gasteiger partial charge in [0.05, 0.1) is 0 Å². The number of aryl methyl sites for hydroxylation is 2. The monoisotopic (exact) mass is 229 g/mol. The van der Waals surface area contributed by atoms with Crippen molar-refractivity contribution in [1.82, 2.24) is 0 Å². The Labute approximate surface area is 105 Å². The molecule has 92 valence electrons. The largest absolute Gasteiger partial charge is 0.385 e. The molecule has 0 saturated heterocycles. The molecule has 0 unspecified atom stereocenters. The summed E-state index contributed by atoms with van der Waals surface area (Å²) < 4.78 is 0. The maximum Gasteiger partial charge on any atom is 0.0343 e. The molecule has 0 amide bonds. The zero-order valence-corrected chi connectivity index (χ0v) is 10.7. The van der Waals surface area contributed by atoms with Crippen molar-refractivity contribution >= 4 is 5.69 Å². The Morgan fingerprint density at radius 3 is 2.88 bits per heavy atom. The number of unbranched alkanes of at least 4 members (excludes halogenated alkanes) is 3. The second-order valence-corrected chi connectivity index (χ2v) is 4.90. The van der Waals surface area contributed by atoms with Gasteiger partial charge in [0.15, 0.2) is 0 Å². The topological polar surface area (TPSA) is 12.0 Å². The molecule has 17 heavy (non-hydrogen) atoms. The van der Waals surface area contributed by atoms with E-state index in [4.69, 9.17) is 0 Å². The lowest BCUT2D eigenvalue weighted by molar-refractivity contribution is 0.709. The maximum atomic E-state index is 3.74. The first kappa shape index (κ1) is 12.2. The highest BCUT2D eigenvalue weighted by Gasteiger charge is 2.10. The van der Waals surface area contributed by atoms with Crippen molar-refractivity contribution < 1.29 is 0 Å². The van der Waals surface area contributed by atoms with Crippen LogP contribution in [0.25, 0.3) is 0 Å². The van der Waals surface area contributed by atoms with E-state index in [1.165, 1.54) is 44.2 Å². The SMILES string of the molecule is C=CCCCCCNc1ccc2c(c1)CCC2. The third kappa shape index (κ3) is 3.62. The molecule has 1 N–H and O–H groups in total. The fraction of sp³-hybridized carbons (Fsp3) is 0.500. The first-order valence-corrected chi connectivity index (χ1v) is 6.87. The Balaban J connectivity index is 1.70. The van der Waals surface area contributed by atoms with Crippen LogP contribution in [-0.4, -0.2) is 6.54 Å². The Morgan fingerprint density at radius 1 is 1.12 bits per heavy atom. The Kier molecular flexibility index (Phi) is 4.66. The van der Waals surface area contributed by atoms with E-state index in [1.54, 1.807) is 11.1 Å². The van der Waals surface area contributed by atoms with Crippen LogP contribution in [0.15, 0.2) is 30.9 Å². The first-order valence-electron chi connectivity index (χ1n) is 6.87. The molecular weight excluding hydrogens is 206 g/mol. The lowest BCUT2D eigenvalue weighted by atomic mass is 10.1. The van der Waals surface area contributed by atoms with Gasteiger partial charge < -0.3 is 5.32 Å². The van der Waals surface area contributed by atoms with Crippen molar-refractivity contribution in [2.75, 3.05) is 11.9 Å². The second-order valence-electron chi connectivity index (χ2n) is 4.90. The first-order chi connectivity index (χ1) is 8.40. The molecule has 1 heteroatoms. The molecule has 1 nitrogen and oxygen atoms in total. The molecule has 0 fully saturated rings. The quantitative estimate of drug-likeness (QED) is 0.542. The fourth-order valence-corrected chi connectivity index (χ4v) is 2.50. The highest BCUT2D eigenvalue weighted by molar-refractivity contribution is 5.50. The van der Waals surface area contributed by atoms with Crippen molar-refractivity contribution in [3.8, 4) is 0 Å². The number of hydrogen-bond acceptors (Lipinski definition) is 1. The smallest absolute Gasteiger partial charge is 0.0343 e. The highest BCUT2D eigenvalue weighted by atomic mass is 14.9. The summed E-state index contributed by atoms with van der Waals surface area (Å²) in [5.74, 6) is 0. The third-order valence-electron chi connectivity index (χ3n) is 3.51. The van der Waals surface area contributed by atoms with Crippen LogP contribution >= 0.6 is 0 Å². The Hall–Kier alpha value is -1.24. The van der Waals surface area contributed by atoms with E-state index < -0.39 is 0 Å². The van der Waals surface area contributed by atoms with Gasteiger partial charge in [-0.2, -0.15) is 0 Å². The van der Waals surface area contributed by atoms with Crippen LogP contribution in [-0.2, 0) is 12.8 Å². The number of hydrogen-bond donors (Lipinski definition) is 1. The summed E-state index contributed by atoms with van der Waals surface area (Å²) in [7, 11) is 0. The predicted octanol–water partition coefficient (Wildman–Crippen LogP) is 4.33. The summed E-state index contributed by atoms with van der Waals surface area (Å²) in [5.41, 5.74) is 4.41. The third-order valence-corrected chi connectivity index (χ3v) is 3.51. The average molecular weight is 229 g/mol. The molecule has 0 aromatic heterocycles. The summed E-state index contributed by atoms with van der Waals surface area (Å²) >= 11 is 0. The van der Waals surface area contributed by atoms with Gasteiger partial charge in [0, 0.05) is 12.2 Å². The van der Waals surface area contributed by atoms with Gasteiger partial charge in [-0.1, -0.05) is 18.6 Å². The van der Waals surface area contributed by atoms with Gasteiger partial charge in [0.1, 0.15) is 0 Å². The summed E-state index contributed by atoms with van der Waals surface area (Å²) in [5, 5.41) is 3.53. The van der Waals surface area contributed by atoms with Gasteiger partial charge in [-0.25, -0.2) is 0 Å². The molecule has 0 bridgehead atoms. The molecular formula is C16H23N. The van der Waals surface area contributed by atoms with Crippen LogP contribution in [0.1, 0.15) is 43.2 Å². The second kappa shape index (κ2) is 6.48. The van der Waals surface area contributed by atoms with Crippen molar-refractivity contribution in [3.05, 3.63) is 42.0 Å². The van der Waals surface area contributed by atoms with Crippen molar-refractivity contribution in [2.24, 2.45) is 0 Å². The molecule has 0 saturated carbocycles. The van der Waals surface area contributed by atoms with Crippen LogP contribution in [0.2, 0.25) is 0 Å². The Bertz CT molecular complexity index is 368. The van der Waals surface area contributed by atoms with Gasteiger partial charge in [-0.15, -0.1) is 6.58 Å². The lowest BCUT2D eigenvalue weighted by Gasteiger charge is -2.08. The number of allylic oxidation sites excluding steroid dienone is 1. The number of fused-ring (bicyclic) bond motifs is 1. The Morgan fingerprint density at radius 2 is 2.00 bits per heavy atom. The van der Waals surface area contributed by atoms with E-state index in [-0.39, 0.29) is 0 Å². The average Bonchev–Trinajstić information content (AvgIpc) is 2.81. The molecule has 0 heterocycles. The molecule has 1 aromatic carbocycles. The zero-order valence-electron chi connectivity index (χ0n) is 10.7. The normalized spacial score (nSPS) is 13.4. The number of nitrogens with one attached hydrogen (secondary N) is 1. The summed E-state index contributed by atoms with van der Waals surface area (Å²) in [6.07, 6.45) is 10.9. The maximum absolute atomic E-state index is 3.74. The van der Waals surface area contributed by atoms with E-state index in [2.05, 4.69) is 30.1 Å². The van der Waals surface area contributed by atoms with Gasteiger partial charge in [0.25, 0.3) is 0 Å². The molecule has 0 aliphatic heterocycles. The van der Waals surface area contributed by atoms with Gasteiger partial charge in [-0.3, -0.25) is 0 Å². The lowest BCUT2D eigenvalue weighted by Crippen LogP contribution is -2.01. The van der Waals surface area contributed by atoms with E-state index in [9.17, 15) is 0 Å². The van der Waals surface area contributed by atoms with Crippen molar-refractivity contribution in [3.63, 3.8) is 0 Å². The van der Waals surface area contributed by atoms with Crippen molar-refractivity contribution in [2.45, 2.75) is 44.9 Å². The minimum absolute atomic E-state index is 1.09. The molecule has 1 aliphatic carbocycles. The molecule has 0 radical (unpaired) electrons. The predicted molar refractivity (Wildman–Crippen MR) is 75.6 cm³/mol. The van der Waals surface area contributed by atoms with Crippen LogP contribution in [0.3, 0.4) is 0 Å². The summed E-state index contributed by atoms with van der Waals surface area (Å²) in [4.78, 5) is 0. The summed E-state index contributed by atoms with van der Waals surface area (Å²) in [6.45, 7) is 4.84. The van der Waals surface area contributed by atoms with Crippen LogP contribution in [0, 0.1) is 0 Å². The molecule has 0 atom stereocenters. The van der Waals surface area contributed by atoms with Crippen LogP contribution in [0.5, 0.6) is 0 Å². The number of rotatable bonds is 7. The number of benzene rings is 1. The van der Waals surface area contributed by atoms with Crippen LogP contribution in [0.4, 0.5) is 5.69 Å². The minimum Gasteiger partial charge on any atom is -0.385 e. The minimum atomic E-state index is 1.09. The summed E-state index contributed by atoms with van der Waals surface area (Å²) in [6, 6.07) is 6.86. The van der Waals surface area contributed by atoms with E-state index >= 15 is 0 Å². The van der Waals surface area contributed by atoms with Gasteiger partial charge >= 0.3 is 0 Å². The molecule has 2 rings (SSSR count). The van der Waals surface area contributed by atoms with Crippen molar-refractivity contribution in [1.29, 1.82) is 0 Å². The standard InChI is InChI=1S/C16H23N/c1-2-3-4-5-6-12-17-16-11-10-14-8-7-9-15(14)13-16/h2,10-11,13,17H,1,3-9,12H2. The molecule has 0 spiro atoms.